The van der Waals surface area contributed by atoms with Crippen LogP contribution >= 0.6 is 0 Å². The molecule has 0 aromatic heterocycles. The Balaban J connectivity index is 2.07. The molecule has 1 aliphatic heterocycles. The Morgan fingerprint density at radius 1 is 0.818 bits per heavy atom. The topological polar surface area (TPSA) is 43.8 Å². The zero-order valence-corrected chi connectivity index (χ0v) is 12.8. The van der Waals surface area contributed by atoms with Crippen molar-refractivity contribution in [3.8, 4) is 0 Å². The van der Waals surface area contributed by atoms with Gasteiger partial charge in [0.15, 0.2) is 0 Å². The Morgan fingerprint density at radius 2 is 1.18 bits per heavy atom. The Morgan fingerprint density at radius 3 is 1.50 bits per heavy atom. The summed E-state index contributed by atoms with van der Waals surface area (Å²) in [6.07, 6.45) is 0. The van der Waals surface area contributed by atoms with Gasteiger partial charge in [-0.15, -0.1) is 0 Å². The molecule has 1 N–H and O–H groups in total. The van der Waals surface area contributed by atoms with Gasteiger partial charge in [0.05, 0.1) is 18.0 Å². The van der Waals surface area contributed by atoms with Crippen molar-refractivity contribution in [2.45, 2.75) is 12.1 Å². The van der Waals surface area contributed by atoms with Crippen LogP contribution in [0.15, 0.2) is 60.7 Å². The molecule has 22 heavy (non-hydrogen) atoms. The van der Waals surface area contributed by atoms with Crippen LogP contribution in [0.3, 0.4) is 0 Å². The van der Waals surface area contributed by atoms with Crippen LogP contribution < -0.4 is 0 Å². The lowest BCUT2D eigenvalue weighted by molar-refractivity contribution is -0.143. The molecular formula is C18H20N2O2. The molecule has 4 nitrogen and oxygen atoms in total. The highest BCUT2D eigenvalue weighted by Crippen LogP contribution is 2.46. The summed E-state index contributed by atoms with van der Waals surface area (Å²) in [6.45, 7) is 0. The number of hydrogen-bond acceptors (Lipinski definition) is 3. The summed E-state index contributed by atoms with van der Waals surface area (Å²) in [6, 6.07) is 19.4. The molecule has 1 heterocycles. The molecule has 1 fully saturated rings. The Bertz CT molecular complexity index is 593. The molecule has 3 rings (SSSR count). The van der Waals surface area contributed by atoms with Gasteiger partial charge in [-0.2, -0.15) is 0 Å². The summed E-state index contributed by atoms with van der Waals surface area (Å²) in [5.74, 6) is -1.28. The lowest BCUT2D eigenvalue weighted by Crippen LogP contribution is -2.32. The average Bonchev–Trinajstić information content (AvgIpc) is 2.81. The SMILES string of the molecule is CN1[C@H](c2ccccc2)C(C(=O)O)[C@@H](c2ccccc2)N1C. The second kappa shape index (κ2) is 5.91. The van der Waals surface area contributed by atoms with Gasteiger partial charge in [0.2, 0.25) is 0 Å². The van der Waals surface area contributed by atoms with Crippen LogP contribution in [0.2, 0.25) is 0 Å². The zero-order chi connectivity index (χ0) is 15.7. The fourth-order valence-corrected chi connectivity index (χ4v) is 3.45. The zero-order valence-electron chi connectivity index (χ0n) is 12.8. The van der Waals surface area contributed by atoms with Crippen molar-refractivity contribution in [2.24, 2.45) is 5.92 Å². The highest BCUT2D eigenvalue weighted by molar-refractivity contribution is 5.73. The summed E-state index contributed by atoms with van der Waals surface area (Å²) in [5.41, 5.74) is 2.06. The highest BCUT2D eigenvalue weighted by Gasteiger charge is 2.49. The maximum atomic E-state index is 12.0. The molecule has 4 heteroatoms. The standard InChI is InChI=1S/C18H20N2O2/c1-19-16(13-9-5-3-6-10-13)15(18(21)22)17(20(19)2)14-11-7-4-8-12-14/h3-12,15-17H,1-2H3,(H,21,22)/t16-,17-/m1/s1. The molecule has 0 aliphatic carbocycles. The lowest BCUT2D eigenvalue weighted by atomic mass is 9.85. The molecule has 1 saturated heterocycles. The monoisotopic (exact) mass is 296 g/mol. The maximum Gasteiger partial charge on any atom is 0.310 e. The van der Waals surface area contributed by atoms with Crippen molar-refractivity contribution in [3.05, 3.63) is 71.8 Å². The van der Waals surface area contributed by atoms with Gasteiger partial charge in [0.1, 0.15) is 0 Å². The van der Waals surface area contributed by atoms with E-state index < -0.39 is 11.9 Å². The third-order valence-electron chi connectivity index (χ3n) is 4.55. The van der Waals surface area contributed by atoms with Crippen molar-refractivity contribution in [1.82, 2.24) is 10.0 Å². The molecular weight excluding hydrogens is 276 g/mol. The van der Waals surface area contributed by atoms with Gasteiger partial charge < -0.3 is 5.11 Å². The van der Waals surface area contributed by atoms with Gasteiger partial charge in [-0.25, -0.2) is 10.0 Å². The number of nitrogens with zero attached hydrogens (tertiary/aromatic N) is 2. The fourth-order valence-electron chi connectivity index (χ4n) is 3.45. The van der Waals surface area contributed by atoms with Gasteiger partial charge >= 0.3 is 5.97 Å². The predicted octanol–water partition coefficient (Wildman–Crippen LogP) is 2.96. The van der Waals surface area contributed by atoms with Gasteiger partial charge in [-0.1, -0.05) is 60.7 Å². The largest absolute Gasteiger partial charge is 0.481 e. The number of carboxylic acid groups (broad SMARTS) is 1. The van der Waals surface area contributed by atoms with E-state index in [2.05, 4.69) is 0 Å². The molecule has 2 aromatic carbocycles. The van der Waals surface area contributed by atoms with E-state index in [0.29, 0.717) is 0 Å². The van der Waals surface area contributed by atoms with Crippen LogP contribution in [0.1, 0.15) is 23.2 Å². The molecule has 2 aromatic rings. The predicted molar refractivity (Wildman–Crippen MR) is 85.0 cm³/mol. The van der Waals surface area contributed by atoms with Crippen molar-refractivity contribution in [2.75, 3.05) is 14.1 Å². The van der Waals surface area contributed by atoms with E-state index in [0.717, 1.165) is 11.1 Å². The van der Waals surface area contributed by atoms with E-state index in [1.54, 1.807) is 0 Å². The van der Waals surface area contributed by atoms with Crippen molar-refractivity contribution in [1.29, 1.82) is 0 Å². The number of carboxylic acids is 1. The second-order valence-corrected chi connectivity index (χ2v) is 5.72. The summed E-state index contributed by atoms with van der Waals surface area (Å²) in [4.78, 5) is 12.0. The van der Waals surface area contributed by atoms with E-state index >= 15 is 0 Å². The van der Waals surface area contributed by atoms with E-state index in [-0.39, 0.29) is 12.1 Å². The van der Waals surface area contributed by atoms with Crippen LogP contribution in [0, 0.1) is 5.92 Å². The number of rotatable bonds is 3. The Labute approximate surface area is 130 Å². The first-order valence-electron chi connectivity index (χ1n) is 7.39. The number of carbonyl (C=O) groups is 1. The summed E-state index contributed by atoms with van der Waals surface area (Å²) in [5, 5.41) is 13.9. The van der Waals surface area contributed by atoms with E-state index in [9.17, 15) is 9.90 Å². The average molecular weight is 296 g/mol. The van der Waals surface area contributed by atoms with Crippen molar-refractivity contribution >= 4 is 5.97 Å². The van der Waals surface area contributed by atoms with Crippen LogP contribution in [0.4, 0.5) is 0 Å². The van der Waals surface area contributed by atoms with Gasteiger partial charge in [-0.05, 0) is 11.1 Å². The molecule has 114 valence electrons. The van der Waals surface area contributed by atoms with Crippen LogP contribution in [-0.2, 0) is 4.79 Å². The summed E-state index contributed by atoms with van der Waals surface area (Å²) >= 11 is 0. The van der Waals surface area contributed by atoms with E-state index in [1.807, 2.05) is 84.8 Å². The summed E-state index contributed by atoms with van der Waals surface area (Å²) < 4.78 is 0. The maximum absolute atomic E-state index is 12.0. The molecule has 1 aliphatic rings. The van der Waals surface area contributed by atoms with E-state index in [1.165, 1.54) is 0 Å². The molecule has 0 radical (unpaired) electrons. The normalized spacial score (nSPS) is 23.7. The smallest absolute Gasteiger partial charge is 0.310 e. The minimum Gasteiger partial charge on any atom is -0.481 e. The van der Waals surface area contributed by atoms with Crippen LogP contribution in [0.5, 0.6) is 0 Å². The third kappa shape index (κ3) is 2.40. The molecule has 0 spiro atoms. The quantitative estimate of drug-likeness (QED) is 0.945. The van der Waals surface area contributed by atoms with Crippen molar-refractivity contribution in [3.63, 3.8) is 0 Å². The lowest BCUT2D eigenvalue weighted by Gasteiger charge is -2.27. The Kier molecular flexibility index (Phi) is 3.96. The molecule has 0 amide bonds. The number of hydrazine groups is 1. The van der Waals surface area contributed by atoms with Gasteiger partial charge in [0, 0.05) is 14.1 Å². The molecule has 2 atom stereocenters. The summed E-state index contributed by atoms with van der Waals surface area (Å²) in [7, 11) is 3.91. The minimum atomic E-state index is -0.765. The number of aliphatic carboxylic acids is 1. The number of hydrogen-bond donors (Lipinski definition) is 1. The number of benzene rings is 2. The van der Waals surface area contributed by atoms with E-state index in [4.69, 9.17) is 0 Å². The second-order valence-electron chi connectivity index (χ2n) is 5.72. The van der Waals surface area contributed by atoms with Crippen LogP contribution in [-0.4, -0.2) is 35.2 Å². The van der Waals surface area contributed by atoms with Crippen molar-refractivity contribution < 1.29 is 9.90 Å². The molecule has 0 bridgehead atoms. The first-order valence-corrected chi connectivity index (χ1v) is 7.39. The fraction of sp³-hybridized carbons (Fsp3) is 0.278. The van der Waals surface area contributed by atoms with Crippen LogP contribution in [0.25, 0.3) is 0 Å². The highest BCUT2D eigenvalue weighted by atomic mass is 16.4. The minimum absolute atomic E-state index is 0.172. The first-order chi connectivity index (χ1) is 10.6. The third-order valence-corrected chi connectivity index (χ3v) is 4.55. The van der Waals surface area contributed by atoms with Gasteiger partial charge in [-0.3, -0.25) is 4.79 Å². The van der Waals surface area contributed by atoms with Gasteiger partial charge in [0.25, 0.3) is 0 Å². The molecule has 0 saturated carbocycles. The first kappa shape index (κ1) is 14.8. The molecule has 0 unspecified atom stereocenters. The Hall–Kier alpha value is -2.17.